The lowest BCUT2D eigenvalue weighted by Crippen LogP contribution is -2.36. The van der Waals surface area contributed by atoms with E-state index in [1.54, 1.807) is 31.2 Å². The van der Waals surface area contributed by atoms with E-state index < -0.39 is 36.4 Å². The lowest BCUT2D eigenvalue weighted by atomic mass is 9.95. The summed E-state index contributed by atoms with van der Waals surface area (Å²) in [5.41, 5.74) is 1.59. The number of esters is 2. The minimum Gasteiger partial charge on any atom is -0.496 e. The number of carbonyl (C=O) groups excluding carboxylic acids is 4. The molecule has 34 heavy (non-hydrogen) atoms. The zero-order valence-electron chi connectivity index (χ0n) is 19.4. The van der Waals surface area contributed by atoms with Crippen LogP contribution in [0.1, 0.15) is 57.8 Å². The van der Waals surface area contributed by atoms with Gasteiger partial charge in [0.1, 0.15) is 17.3 Å². The summed E-state index contributed by atoms with van der Waals surface area (Å²) in [6, 6.07) is 6.60. The Morgan fingerprint density at radius 3 is 2.59 bits per heavy atom. The monoisotopic (exact) mass is 488 g/mol. The average Bonchev–Trinajstić information content (AvgIpc) is 3.20. The first kappa shape index (κ1) is 25.2. The van der Waals surface area contributed by atoms with Crippen molar-refractivity contribution >= 4 is 40.1 Å². The SMILES string of the molecule is CCOC(=O)c1c(NC(=O)C(C)OC(=O)CNC(=O)c2ccccc2OC)sc2c1CCCC2. The molecule has 2 N–H and O–H groups in total. The summed E-state index contributed by atoms with van der Waals surface area (Å²) in [5.74, 6) is -1.96. The number of carbonyl (C=O) groups is 4. The van der Waals surface area contributed by atoms with Gasteiger partial charge in [-0.15, -0.1) is 11.3 Å². The maximum Gasteiger partial charge on any atom is 0.341 e. The number of thiophene rings is 1. The number of rotatable bonds is 9. The fourth-order valence-electron chi connectivity index (χ4n) is 3.66. The molecule has 0 aliphatic heterocycles. The maximum absolute atomic E-state index is 12.7. The molecule has 0 radical (unpaired) electrons. The van der Waals surface area contributed by atoms with Gasteiger partial charge in [-0.3, -0.25) is 14.4 Å². The summed E-state index contributed by atoms with van der Waals surface area (Å²) in [5, 5.41) is 5.58. The van der Waals surface area contributed by atoms with E-state index in [4.69, 9.17) is 14.2 Å². The second-order valence-corrected chi connectivity index (χ2v) is 8.74. The summed E-state index contributed by atoms with van der Waals surface area (Å²) < 4.78 is 15.5. The van der Waals surface area contributed by atoms with Crippen LogP contribution in [0.5, 0.6) is 5.75 Å². The predicted octanol–water partition coefficient (Wildman–Crippen LogP) is 3.11. The van der Waals surface area contributed by atoms with Gasteiger partial charge in [-0.05, 0) is 57.2 Å². The largest absolute Gasteiger partial charge is 0.496 e. The number of nitrogens with one attached hydrogen (secondary N) is 2. The standard InChI is InChI=1S/C24H28N2O7S/c1-4-32-24(30)20-16-10-6-8-12-18(16)34-23(20)26-21(28)14(2)33-19(27)13-25-22(29)15-9-5-7-11-17(15)31-3/h5,7,9,11,14H,4,6,8,10,12-13H2,1-3H3,(H,25,29)(H,26,28). The van der Waals surface area contributed by atoms with Crippen LogP contribution in [0.3, 0.4) is 0 Å². The highest BCUT2D eigenvalue weighted by atomic mass is 32.1. The third-order valence-electron chi connectivity index (χ3n) is 5.31. The third kappa shape index (κ3) is 5.93. The Bertz CT molecular complexity index is 1080. The Kier molecular flexibility index (Phi) is 8.64. The fourth-order valence-corrected chi connectivity index (χ4v) is 4.94. The van der Waals surface area contributed by atoms with E-state index in [1.807, 2.05) is 0 Å². The van der Waals surface area contributed by atoms with Crippen molar-refractivity contribution in [2.45, 2.75) is 45.6 Å². The molecule has 3 rings (SSSR count). The fraction of sp³-hybridized carbons (Fsp3) is 0.417. The summed E-state index contributed by atoms with van der Waals surface area (Å²) in [6.45, 7) is 2.96. The molecule has 1 aliphatic carbocycles. The predicted molar refractivity (Wildman–Crippen MR) is 126 cm³/mol. The van der Waals surface area contributed by atoms with Crippen molar-refractivity contribution in [1.82, 2.24) is 5.32 Å². The van der Waals surface area contributed by atoms with Crippen molar-refractivity contribution in [1.29, 1.82) is 0 Å². The van der Waals surface area contributed by atoms with Crippen LogP contribution in [0, 0.1) is 0 Å². The van der Waals surface area contributed by atoms with E-state index in [0.717, 1.165) is 36.1 Å². The van der Waals surface area contributed by atoms with Gasteiger partial charge in [0.25, 0.3) is 11.8 Å². The number of aryl methyl sites for hydroxylation is 1. The average molecular weight is 489 g/mol. The highest BCUT2D eigenvalue weighted by Crippen LogP contribution is 2.38. The Hall–Kier alpha value is -3.40. The topological polar surface area (TPSA) is 120 Å². The van der Waals surface area contributed by atoms with Crippen LogP contribution in [0.4, 0.5) is 5.00 Å². The van der Waals surface area contributed by atoms with E-state index in [2.05, 4.69) is 10.6 Å². The molecule has 9 nitrogen and oxygen atoms in total. The number of hydrogen-bond acceptors (Lipinski definition) is 8. The molecule has 10 heteroatoms. The number of fused-ring (bicyclic) bond motifs is 1. The van der Waals surface area contributed by atoms with E-state index in [-0.39, 0.29) is 12.2 Å². The molecule has 1 heterocycles. The molecule has 2 amide bonds. The zero-order chi connectivity index (χ0) is 24.7. The summed E-state index contributed by atoms with van der Waals surface area (Å²) in [6.07, 6.45) is 2.46. The van der Waals surface area contributed by atoms with Crippen LogP contribution >= 0.6 is 11.3 Å². The Balaban J connectivity index is 1.59. The molecular weight excluding hydrogens is 460 g/mol. The minimum absolute atomic E-state index is 0.228. The Labute approximate surface area is 201 Å². The zero-order valence-corrected chi connectivity index (χ0v) is 20.2. The van der Waals surface area contributed by atoms with E-state index in [0.29, 0.717) is 16.3 Å². The number of amides is 2. The second kappa shape index (κ2) is 11.6. The first-order valence-electron chi connectivity index (χ1n) is 11.1. The summed E-state index contributed by atoms with van der Waals surface area (Å²) in [7, 11) is 1.44. The molecule has 1 aromatic carbocycles. The van der Waals surface area contributed by atoms with E-state index >= 15 is 0 Å². The number of ether oxygens (including phenoxy) is 3. The van der Waals surface area contributed by atoms with Gasteiger partial charge in [0.05, 0.1) is 24.8 Å². The molecule has 0 saturated carbocycles. The number of benzene rings is 1. The number of methoxy groups -OCH3 is 1. The summed E-state index contributed by atoms with van der Waals surface area (Å²) in [4.78, 5) is 50.8. The maximum atomic E-state index is 12.7. The number of hydrogen-bond donors (Lipinski definition) is 2. The van der Waals surface area contributed by atoms with Crippen LogP contribution < -0.4 is 15.4 Å². The minimum atomic E-state index is -1.13. The molecule has 1 unspecified atom stereocenters. The summed E-state index contributed by atoms with van der Waals surface area (Å²) >= 11 is 1.35. The van der Waals surface area contributed by atoms with Crippen molar-refractivity contribution in [3.63, 3.8) is 0 Å². The first-order chi connectivity index (χ1) is 16.3. The molecule has 1 aromatic heterocycles. The molecule has 2 aromatic rings. The van der Waals surface area contributed by atoms with Gasteiger partial charge in [-0.25, -0.2) is 4.79 Å². The van der Waals surface area contributed by atoms with Crippen LogP contribution in [0.25, 0.3) is 0 Å². The van der Waals surface area contributed by atoms with Gasteiger partial charge in [-0.1, -0.05) is 12.1 Å². The lowest BCUT2D eigenvalue weighted by molar-refractivity contribution is -0.152. The van der Waals surface area contributed by atoms with Crippen LogP contribution in [-0.4, -0.2) is 50.1 Å². The lowest BCUT2D eigenvalue weighted by Gasteiger charge is -2.15. The highest BCUT2D eigenvalue weighted by molar-refractivity contribution is 7.17. The molecular formula is C24H28N2O7S. The molecule has 0 spiro atoms. The Morgan fingerprint density at radius 2 is 1.85 bits per heavy atom. The third-order valence-corrected chi connectivity index (χ3v) is 6.52. The van der Waals surface area contributed by atoms with Crippen LogP contribution in [-0.2, 0) is 31.9 Å². The van der Waals surface area contributed by atoms with Crippen molar-refractivity contribution in [3.8, 4) is 5.75 Å². The van der Waals surface area contributed by atoms with Gasteiger partial charge >= 0.3 is 11.9 Å². The molecule has 1 atom stereocenters. The van der Waals surface area contributed by atoms with Crippen molar-refractivity contribution < 1.29 is 33.4 Å². The molecule has 0 bridgehead atoms. The van der Waals surface area contributed by atoms with Gasteiger partial charge in [0.15, 0.2) is 6.10 Å². The highest BCUT2D eigenvalue weighted by Gasteiger charge is 2.29. The molecule has 182 valence electrons. The smallest absolute Gasteiger partial charge is 0.341 e. The molecule has 0 saturated heterocycles. The molecule has 1 aliphatic rings. The van der Waals surface area contributed by atoms with Crippen molar-refractivity contribution in [3.05, 3.63) is 45.8 Å². The van der Waals surface area contributed by atoms with Crippen LogP contribution in [0.2, 0.25) is 0 Å². The van der Waals surface area contributed by atoms with Gasteiger partial charge in [-0.2, -0.15) is 0 Å². The first-order valence-corrected chi connectivity index (χ1v) is 11.9. The van der Waals surface area contributed by atoms with E-state index in [9.17, 15) is 19.2 Å². The van der Waals surface area contributed by atoms with Gasteiger partial charge in [0.2, 0.25) is 0 Å². The van der Waals surface area contributed by atoms with Crippen LogP contribution in [0.15, 0.2) is 24.3 Å². The number of anilines is 1. The molecule has 0 fully saturated rings. The van der Waals surface area contributed by atoms with E-state index in [1.165, 1.54) is 25.4 Å². The quantitative estimate of drug-likeness (QED) is 0.521. The van der Waals surface area contributed by atoms with Crippen molar-refractivity contribution in [2.75, 3.05) is 25.6 Å². The van der Waals surface area contributed by atoms with Gasteiger partial charge in [0, 0.05) is 4.88 Å². The van der Waals surface area contributed by atoms with Crippen molar-refractivity contribution in [2.24, 2.45) is 0 Å². The number of para-hydroxylation sites is 1. The second-order valence-electron chi connectivity index (χ2n) is 7.64. The Morgan fingerprint density at radius 1 is 1.12 bits per heavy atom. The van der Waals surface area contributed by atoms with Gasteiger partial charge < -0.3 is 24.8 Å². The normalized spacial score (nSPS) is 13.3.